The van der Waals surface area contributed by atoms with E-state index in [2.05, 4.69) is 15.4 Å². The van der Waals surface area contributed by atoms with Gasteiger partial charge >= 0.3 is 0 Å². The van der Waals surface area contributed by atoms with Crippen LogP contribution in [0.25, 0.3) is 0 Å². The number of anilines is 1. The number of hydrogen-bond donors (Lipinski definition) is 3. The maximum Gasteiger partial charge on any atom is 0.239 e. The van der Waals surface area contributed by atoms with E-state index >= 15 is 0 Å². The van der Waals surface area contributed by atoms with Crippen LogP contribution in [-0.4, -0.2) is 22.9 Å². The molecule has 0 bridgehead atoms. The van der Waals surface area contributed by atoms with Gasteiger partial charge in [0.1, 0.15) is 11.6 Å². The lowest BCUT2D eigenvalue weighted by atomic mass is 9.98. The zero-order valence-corrected chi connectivity index (χ0v) is 10.4. The van der Waals surface area contributed by atoms with Crippen LogP contribution in [0, 0.1) is 5.92 Å². The molecule has 1 aromatic carbocycles. The molecule has 0 radical (unpaired) electrons. The zero-order chi connectivity index (χ0) is 13.8. The van der Waals surface area contributed by atoms with Crippen molar-refractivity contribution in [3.63, 3.8) is 0 Å². The summed E-state index contributed by atoms with van der Waals surface area (Å²) in [5, 5.41) is 16.0. The van der Waals surface area contributed by atoms with Crippen molar-refractivity contribution in [2.45, 2.75) is 6.92 Å². The van der Waals surface area contributed by atoms with Crippen LogP contribution in [0.2, 0.25) is 0 Å². The van der Waals surface area contributed by atoms with E-state index in [0.717, 1.165) is 0 Å². The van der Waals surface area contributed by atoms with Gasteiger partial charge in [0.25, 0.3) is 0 Å². The van der Waals surface area contributed by atoms with Gasteiger partial charge < -0.3 is 16.3 Å². The van der Waals surface area contributed by atoms with E-state index in [1.807, 2.05) is 18.2 Å². The molecule has 1 aliphatic heterocycles. The van der Waals surface area contributed by atoms with Crippen molar-refractivity contribution in [2.24, 2.45) is 21.9 Å². The van der Waals surface area contributed by atoms with Gasteiger partial charge in [-0.2, -0.15) is 5.10 Å². The van der Waals surface area contributed by atoms with Crippen molar-refractivity contribution in [1.82, 2.24) is 0 Å². The summed E-state index contributed by atoms with van der Waals surface area (Å²) in [5.74, 6) is 3.93. The molecular formula is C13H14N4O2. The molecule has 6 nitrogen and oxygen atoms in total. The lowest BCUT2D eigenvalue weighted by Gasteiger charge is -2.18. The van der Waals surface area contributed by atoms with Crippen molar-refractivity contribution in [3.8, 4) is 0 Å². The van der Waals surface area contributed by atoms with E-state index in [1.54, 1.807) is 19.1 Å². The number of carbonyl (C=O) groups is 1. The first-order valence-electron chi connectivity index (χ1n) is 5.71. The van der Waals surface area contributed by atoms with Crippen molar-refractivity contribution in [2.75, 3.05) is 5.32 Å². The van der Waals surface area contributed by atoms with Crippen LogP contribution in [0.5, 0.6) is 0 Å². The quantitative estimate of drug-likeness (QED) is 0.552. The third kappa shape index (κ3) is 2.62. The smallest absolute Gasteiger partial charge is 0.239 e. The minimum absolute atomic E-state index is 0.112. The van der Waals surface area contributed by atoms with Crippen molar-refractivity contribution in [3.05, 3.63) is 41.8 Å². The number of nitrogens with two attached hydrogens (primary N) is 1. The number of rotatable bonds is 2. The average molecular weight is 258 g/mol. The number of hydrogen-bond acceptors (Lipinski definition) is 5. The Hall–Kier alpha value is -2.63. The third-order valence-electron chi connectivity index (χ3n) is 2.76. The summed E-state index contributed by atoms with van der Waals surface area (Å²) in [6, 6.07) is 8.99. The van der Waals surface area contributed by atoms with Crippen LogP contribution in [-0.2, 0) is 4.79 Å². The Morgan fingerprint density at radius 2 is 2.11 bits per heavy atom. The maximum atomic E-state index is 12.1. The number of benzene rings is 1. The van der Waals surface area contributed by atoms with Gasteiger partial charge in [0.15, 0.2) is 5.76 Å². The summed E-state index contributed by atoms with van der Waals surface area (Å²) in [6.45, 7) is 1.61. The Morgan fingerprint density at radius 3 is 2.74 bits per heavy atom. The molecule has 2 rings (SSSR count). The third-order valence-corrected chi connectivity index (χ3v) is 2.76. The zero-order valence-electron chi connectivity index (χ0n) is 10.4. The fourth-order valence-electron chi connectivity index (χ4n) is 1.73. The topological polar surface area (TPSA) is 100 Å². The first-order chi connectivity index (χ1) is 9.13. The normalized spacial score (nSPS) is 20.7. The Balaban J connectivity index is 2.19. The van der Waals surface area contributed by atoms with Crippen LogP contribution in [0.15, 0.2) is 51.9 Å². The maximum absolute atomic E-state index is 12.1. The van der Waals surface area contributed by atoms with Gasteiger partial charge in [-0.3, -0.25) is 9.79 Å². The number of allylic oxidation sites excluding steroid dienone is 2. The standard InChI is InChI=1S/C13H14N4O2/c1-8-12(18)11(17-14)10(7-15-8)13(19)16-9-5-3-2-4-6-9/h2-7,10,18H,14H2,1H3,(H,16,19). The predicted octanol–water partition coefficient (Wildman–Crippen LogP) is 1.43. The van der Waals surface area contributed by atoms with Gasteiger partial charge in [-0.1, -0.05) is 18.2 Å². The summed E-state index contributed by atoms with van der Waals surface area (Å²) in [7, 11) is 0. The minimum Gasteiger partial charge on any atom is -0.504 e. The fraction of sp³-hybridized carbons (Fsp3) is 0.154. The van der Waals surface area contributed by atoms with Crippen LogP contribution in [0.3, 0.4) is 0 Å². The second-order valence-electron chi connectivity index (χ2n) is 4.06. The summed E-state index contributed by atoms with van der Waals surface area (Å²) in [6.07, 6.45) is 1.42. The lowest BCUT2D eigenvalue weighted by Crippen LogP contribution is -2.34. The molecule has 4 N–H and O–H groups in total. The Kier molecular flexibility index (Phi) is 3.61. The van der Waals surface area contributed by atoms with Gasteiger partial charge in [-0.25, -0.2) is 0 Å². The Morgan fingerprint density at radius 1 is 1.42 bits per heavy atom. The molecule has 1 aliphatic rings. The van der Waals surface area contributed by atoms with Crippen molar-refractivity contribution < 1.29 is 9.90 Å². The van der Waals surface area contributed by atoms with Crippen LogP contribution >= 0.6 is 0 Å². The van der Waals surface area contributed by atoms with E-state index < -0.39 is 5.92 Å². The van der Waals surface area contributed by atoms with E-state index in [9.17, 15) is 9.90 Å². The largest absolute Gasteiger partial charge is 0.504 e. The second kappa shape index (κ2) is 5.34. The second-order valence-corrected chi connectivity index (χ2v) is 4.06. The molecule has 0 saturated carbocycles. The molecule has 1 heterocycles. The molecule has 0 fully saturated rings. The molecule has 19 heavy (non-hydrogen) atoms. The molecular weight excluding hydrogens is 244 g/mol. The molecule has 0 aliphatic carbocycles. The fourth-order valence-corrected chi connectivity index (χ4v) is 1.73. The molecule has 98 valence electrons. The number of carbonyl (C=O) groups excluding carboxylic acids is 1. The molecule has 1 atom stereocenters. The van der Waals surface area contributed by atoms with Crippen LogP contribution in [0.4, 0.5) is 5.69 Å². The number of para-hydroxylation sites is 1. The van der Waals surface area contributed by atoms with Gasteiger partial charge in [0, 0.05) is 11.9 Å². The number of nitrogens with zero attached hydrogens (tertiary/aromatic N) is 2. The highest BCUT2D eigenvalue weighted by Crippen LogP contribution is 2.18. The Bertz CT molecular complexity index is 576. The van der Waals surface area contributed by atoms with Crippen molar-refractivity contribution >= 4 is 23.5 Å². The summed E-state index contributed by atoms with van der Waals surface area (Å²) in [5.41, 5.74) is 1.15. The highest BCUT2D eigenvalue weighted by molar-refractivity contribution is 6.25. The predicted molar refractivity (Wildman–Crippen MR) is 74.0 cm³/mol. The molecule has 6 heteroatoms. The summed E-state index contributed by atoms with van der Waals surface area (Å²) in [4.78, 5) is 16.1. The summed E-state index contributed by atoms with van der Waals surface area (Å²) < 4.78 is 0. The highest BCUT2D eigenvalue weighted by atomic mass is 16.3. The minimum atomic E-state index is -0.797. The molecule has 1 amide bonds. The molecule has 0 saturated heterocycles. The number of nitrogens with one attached hydrogen (secondary N) is 1. The van der Waals surface area contributed by atoms with Gasteiger partial charge in [0.2, 0.25) is 5.91 Å². The Labute approximate surface area is 110 Å². The highest BCUT2D eigenvalue weighted by Gasteiger charge is 2.29. The van der Waals surface area contributed by atoms with E-state index in [-0.39, 0.29) is 17.4 Å². The number of aliphatic hydroxyl groups excluding tert-OH is 1. The van der Waals surface area contributed by atoms with Crippen molar-refractivity contribution in [1.29, 1.82) is 0 Å². The number of aliphatic imine (C=N–C) groups is 1. The lowest BCUT2D eigenvalue weighted by molar-refractivity contribution is -0.116. The number of aliphatic hydroxyl groups is 1. The number of amides is 1. The monoisotopic (exact) mass is 258 g/mol. The van der Waals surface area contributed by atoms with E-state index in [0.29, 0.717) is 11.4 Å². The van der Waals surface area contributed by atoms with E-state index in [1.165, 1.54) is 6.21 Å². The molecule has 1 unspecified atom stereocenters. The first kappa shape index (κ1) is 12.8. The van der Waals surface area contributed by atoms with Crippen LogP contribution in [0.1, 0.15) is 6.92 Å². The molecule has 0 spiro atoms. The number of hydrazone groups is 1. The molecule has 0 aromatic heterocycles. The van der Waals surface area contributed by atoms with Gasteiger partial charge in [0.05, 0.1) is 5.70 Å². The van der Waals surface area contributed by atoms with Crippen LogP contribution < -0.4 is 11.2 Å². The molecule has 1 aromatic rings. The SMILES string of the molecule is CC1=C(O)C(=NN)C(C(=O)Nc2ccccc2)C=N1. The van der Waals surface area contributed by atoms with Gasteiger partial charge in [-0.05, 0) is 19.1 Å². The average Bonchev–Trinajstić information content (AvgIpc) is 2.42. The first-order valence-corrected chi connectivity index (χ1v) is 5.71. The summed E-state index contributed by atoms with van der Waals surface area (Å²) >= 11 is 0. The van der Waals surface area contributed by atoms with E-state index in [4.69, 9.17) is 5.84 Å². The van der Waals surface area contributed by atoms with Gasteiger partial charge in [-0.15, -0.1) is 0 Å².